The van der Waals surface area contributed by atoms with Crippen molar-refractivity contribution in [3.8, 4) is 0 Å². The van der Waals surface area contributed by atoms with Gasteiger partial charge >= 0.3 is 11.6 Å². The summed E-state index contributed by atoms with van der Waals surface area (Å²) >= 11 is 0. The third-order valence-corrected chi connectivity index (χ3v) is 3.14. The summed E-state index contributed by atoms with van der Waals surface area (Å²) in [4.78, 5) is 16.7. The summed E-state index contributed by atoms with van der Waals surface area (Å²) in [5.41, 5.74) is -1.16. The Bertz CT molecular complexity index is 445. The van der Waals surface area contributed by atoms with E-state index in [4.69, 9.17) is 10.1 Å². The minimum absolute atomic E-state index is 0.128. The number of hydrogen-bond acceptors (Lipinski definition) is 4. The molecule has 1 saturated heterocycles. The highest BCUT2D eigenvalue weighted by Gasteiger charge is 2.48. The van der Waals surface area contributed by atoms with Gasteiger partial charge in [-0.15, -0.1) is 6.58 Å². The third-order valence-electron chi connectivity index (χ3n) is 3.14. The number of carbonyl (C=O) groups is 1. The smallest absolute Gasteiger partial charge is 0.485 e. The van der Waals surface area contributed by atoms with Gasteiger partial charge in [-0.3, -0.25) is 9.69 Å². The standard InChI is InChI=1S/C13H19N3O3/c1-5-6-7-10-8-19-13(3,4)16(10)12(18)11(15-14)9(2)17/h5,10H,1,6-8H2,2-4H3/p+1/t10-/m0/s1. The van der Waals surface area contributed by atoms with Crippen LogP contribution >= 0.6 is 0 Å². The Hall–Kier alpha value is -1.87. The van der Waals surface area contributed by atoms with Gasteiger partial charge in [0.05, 0.1) is 12.6 Å². The lowest BCUT2D eigenvalue weighted by atomic mass is 10.1. The van der Waals surface area contributed by atoms with Crippen molar-refractivity contribution in [2.24, 2.45) is 0 Å². The fourth-order valence-electron chi connectivity index (χ4n) is 2.20. The zero-order valence-corrected chi connectivity index (χ0v) is 11.6. The molecule has 0 radical (unpaired) electrons. The summed E-state index contributed by atoms with van der Waals surface area (Å²) in [6, 6.07) is -0.128. The van der Waals surface area contributed by atoms with E-state index in [0.717, 1.165) is 6.42 Å². The van der Waals surface area contributed by atoms with Gasteiger partial charge in [-0.25, -0.2) is 0 Å². The number of ether oxygens (including phenoxy) is 1. The first kappa shape index (κ1) is 15.2. The molecule has 0 unspecified atom stereocenters. The molecule has 6 heteroatoms. The maximum atomic E-state index is 12.4. The van der Waals surface area contributed by atoms with Crippen LogP contribution in [0.3, 0.4) is 0 Å². The van der Waals surface area contributed by atoms with Crippen molar-refractivity contribution in [2.45, 2.75) is 45.4 Å². The Morgan fingerprint density at radius 2 is 2.32 bits per heavy atom. The molecule has 0 spiro atoms. The minimum atomic E-state index is -0.797. The molecule has 0 saturated carbocycles. The van der Waals surface area contributed by atoms with Crippen LogP contribution in [-0.4, -0.2) is 34.3 Å². The average molecular weight is 266 g/mol. The number of aliphatic hydroxyl groups is 1. The molecular formula is C13H20N3O3+. The molecule has 0 aliphatic carbocycles. The SMILES string of the molecule is C=CCC[C@H]1COC(C)(C)N1C(=O)C([N+]#N)=C(C)O. The Morgan fingerprint density at radius 1 is 1.68 bits per heavy atom. The van der Waals surface area contributed by atoms with Crippen LogP contribution in [0.1, 0.15) is 33.6 Å². The lowest BCUT2D eigenvalue weighted by Gasteiger charge is -2.31. The largest absolute Gasteiger partial charge is 0.505 e. The van der Waals surface area contributed by atoms with Crippen LogP contribution in [0.4, 0.5) is 0 Å². The van der Waals surface area contributed by atoms with Crippen molar-refractivity contribution >= 4 is 5.91 Å². The predicted molar refractivity (Wildman–Crippen MR) is 70.5 cm³/mol. The van der Waals surface area contributed by atoms with E-state index >= 15 is 0 Å². The van der Waals surface area contributed by atoms with Crippen LogP contribution in [0.2, 0.25) is 0 Å². The zero-order valence-electron chi connectivity index (χ0n) is 11.6. The zero-order chi connectivity index (χ0) is 14.6. The Morgan fingerprint density at radius 3 is 2.79 bits per heavy atom. The molecular weight excluding hydrogens is 246 g/mol. The minimum Gasteiger partial charge on any atom is -0.505 e. The molecule has 0 aromatic carbocycles. The van der Waals surface area contributed by atoms with Gasteiger partial charge in [-0.1, -0.05) is 6.08 Å². The number of carbonyl (C=O) groups excluding carboxylic acids is 1. The van der Waals surface area contributed by atoms with Gasteiger partial charge in [0.1, 0.15) is 5.72 Å². The summed E-state index contributed by atoms with van der Waals surface area (Å²) in [5.74, 6) is -0.864. The second-order valence-electron chi connectivity index (χ2n) is 4.99. The van der Waals surface area contributed by atoms with Crippen LogP contribution in [0.5, 0.6) is 0 Å². The van der Waals surface area contributed by atoms with Gasteiger partial charge in [-0.2, -0.15) is 0 Å². The quantitative estimate of drug-likeness (QED) is 0.367. The normalized spacial score (nSPS) is 22.6. The molecule has 1 atom stereocenters. The second-order valence-corrected chi connectivity index (χ2v) is 4.99. The Balaban J connectivity index is 3.04. The van der Waals surface area contributed by atoms with Crippen molar-refractivity contribution in [3.05, 3.63) is 29.1 Å². The number of nitrogens with zero attached hydrogens (tertiary/aromatic N) is 3. The topological polar surface area (TPSA) is 77.9 Å². The highest BCUT2D eigenvalue weighted by atomic mass is 16.5. The van der Waals surface area contributed by atoms with E-state index in [1.807, 2.05) is 0 Å². The van der Waals surface area contributed by atoms with Crippen LogP contribution in [0, 0.1) is 5.39 Å². The van der Waals surface area contributed by atoms with Gasteiger partial charge in [0.15, 0.2) is 10.7 Å². The molecule has 104 valence electrons. The summed E-state index contributed by atoms with van der Waals surface area (Å²) in [6.07, 6.45) is 3.24. The van der Waals surface area contributed by atoms with E-state index < -0.39 is 11.6 Å². The molecule has 1 rings (SSSR count). The monoisotopic (exact) mass is 266 g/mol. The summed E-state index contributed by atoms with van der Waals surface area (Å²) in [5, 5.41) is 18.3. The van der Waals surface area contributed by atoms with E-state index in [1.54, 1.807) is 19.9 Å². The van der Waals surface area contributed by atoms with Gasteiger partial charge in [0.25, 0.3) is 0 Å². The lowest BCUT2D eigenvalue weighted by molar-refractivity contribution is -0.141. The van der Waals surface area contributed by atoms with E-state index in [9.17, 15) is 9.90 Å². The summed E-state index contributed by atoms with van der Waals surface area (Å²) in [6.45, 7) is 8.90. The van der Waals surface area contributed by atoms with Crippen molar-refractivity contribution in [1.82, 2.24) is 4.90 Å². The summed E-state index contributed by atoms with van der Waals surface area (Å²) < 4.78 is 5.60. The molecule has 0 bridgehead atoms. The van der Waals surface area contributed by atoms with Crippen molar-refractivity contribution in [2.75, 3.05) is 6.61 Å². The number of allylic oxidation sites excluding steroid dienone is 2. The fraction of sp³-hybridized carbons (Fsp3) is 0.615. The first-order valence-corrected chi connectivity index (χ1v) is 6.18. The first-order valence-electron chi connectivity index (χ1n) is 6.18. The van der Waals surface area contributed by atoms with E-state index in [-0.39, 0.29) is 17.5 Å². The molecule has 19 heavy (non-hydrogen) atoms. The third kappa shape index (κ3) is 3.12. The van der Waals surface area contributed by atoms with Crippen molar-refractivity contribution < 1.29 is 14.6 Å². The molecule has 6 nitrogen and oxygen atoms in total. The maximum absolute atomic E-state index is 12.4. The van der Waals surface area contributed by atoms with E-state index in [0.29, 0.717) is 13.0 Å². The molecule has 0 aromatic heterocycles. The number of diazo groups is 1. The average Bonchev–Trinajstić information content (AvgIpc) is 2.62. The van der Waals surface area contributed by atoms with Crippen LogP contribution < -0.4 is 0 Å². The lowest BCUT2D eigenvalue weighted by Crippen LogP contribution is -2.48. The molecule has 1 N–H and O–H groups in total. The number of amides is 1. The first-order chi connectivity index (χ1) is 8.85. The predicted octanol–water partition coefficient (Wildman–Crippen LogP) is 2.56. The van der Waals surface area contributed by atoms with Gasteiger partial charge in [0, 0.05) is 6.92 Å². The number of rotatable bonds is 4. The molecule has 1 aliphatic rings. The van der Waals surface area contributed by atoms with Gasteiger partial charge < -0.3 is 9.84 Å². The Kier molecular flexibility index (Phi) is 4.67. The van der Waals surface area contributed by atoms with E-state index in [1.165, 1.54) is 11.8 Å². The highest BCUT2D eigenvalue weighted by molar-refractivity contribution is 5.96. The van der Waals surface area contributed by atoms with Gasteiger partial charge in [-0.05, 0) is 26.7 Å². The molecule has 1 heterocycles. The number of aliphatic hydroxyl groups excluding tert-OH is 1. The van der Waals surface area contributed by atoms with Gasteiger partial charge in [0.2, 0.25) is 5.39 Å². The van der Waals surface area contributed by atoms with Crippen molar-refractivity contribution in [3.63, 3.8) is 0 Å². The molecule has 1 aliphatic heterocycles. The van der Waals surface area contributed by atoms with E-state index in [2.05, 4.69) is 11.6 Å². The maximum Gasteiger partial charge on any atom is 0.485 e. The van der Waals surface area contributed by atoms with Crippen LogP contribution in [0.25, 0.3) is 4.98 Å². The molecule has 1 amide bonds. The fourth-order valence-corrected chi connectivity index (χ4v) is 2.20. The van der Waals surface area contributed by atoms with Crippen LogP contribution in [0.15, 0.2) is 24.1 Å². The number of hydrogen-bond donors (Lipinski definition) is 1. The summed E-state index contributed by atoms with van der Waals surface area (Å²) in [7, 11) is 0. The van der Waals surface area contributed by atoms with Crippen molar-refractivity contribution in [1.29, 1.82) is 5.39 Å². The second kappa shape index (κ2) is 5.85. The molecule has 1 fully saturated rings. The highest BCUT2D eigenvalue weighted by Crippen LogP contribution is 2.31. The van der Waals surface area contributed by atoms with Crippen LogP contribution in [-0.2, 0) is 9.53 Å². The Labute approximate surface area is 113 Å². The molecule has 0 aromatic rings.